The van der Waals surface area contributed by atoms with E-state index in [2.05, 4.69) is 34.8 Å². The molecule has 2 rings (SSSR count). The molecule has 0 aromatic heterocycles. The van der Waals surface area contributed by atoms with E-state index in [9.17, 15) is 4.39 Å². The minimum Gasteiger partial charge on any atom is -0.299 e. The average Bonchev–Trinajstić information content (AvgIpc) is 2.42. The fraction of sp³-hybridized carbons (Fsp3) is 0.625. The van der Waals surface area contributed by atoms with Crippen LogP contribution in [0.15, 0.2) is 22.7 Å². The lowest BCUT2D eigenvalue weighted by Gasteiger charge is -2.34. The fourth-order valence-electron chi connectivity index (χ4n) is 3.04. The van der Waals surface area contributed by atoms with Crippen LogP contribution in [0.5, 0.6) is 0 Å². The predicted octanol–water partition coefficient (Wildman–Crippen LogP) is 4.99. The molecule has 1 aliphatic rings. The Labute approximate surface area is 124 Å². The molecule has 0 bridgehead atoms. The van der Waals surface area contributed by atoms with Crippen molar-refractivity contribution >= 4 is 15.9 Å². The van der Waals surface area contributed by atoms with Gasteiger partial charge in [-0.3, -0.25) is 4.90 Å². The SMILES string of the molecule is CCC1CCC(N(C)Cc2ccc(F)cc2Br)CC1. The van der Waals surface area contributed by atoms with Crippen molar-refractivity contribution in [3.8, 4) is 0 Å². The van der Waals surface area contributed by atoms with Crippen LogP contribution in [0, 0.1) is 11.7 Å². The molecule has 1 aliphatic carbocycles. The largest absolute Gasteiger partial charge is 0.299 e. The van der Waals surface area contributed by atoms with Gasteiger partial charge in [0.25, 0.3) is 0 Å². The number of benzene rings is 1. The van der Waals surface area contributed by atoms with Crippen molar-refractivity contribution in [2.45, 2.75) is 51.6 Å². The summed E-state index contributed by atoms with van der Waals surface area (Å²) in [7, 11) is 2.19. The summed E-state index contributed by atoms with van der Waals surface area (Å²) in [6.45, 7) is 3.19. The van der Waals surface area contributed by atoms with Crippen LogP contribution in [0.25, 0.3) is 0 Å². The Balaban J connectivity index is 1.92. The van der Waals surface area contributed by atoms with Gasteiger partial charge in [-0.2, -0.15) is 0 Å². The lowest BCUT2D eigenvalue weighted by atomic mass is 9.84. The van der Waals surface area contributed by atoms with Crippen molar-refractivity contribution in [2.75, 3.05) is 7.05 Å². The molecule has 1 aromatic carbocycles. The lowest BCUT2D eigenvalue weighted by molar-refractivity contribution is 0.157. The zero-order chi connectivity index (χ0) is 13.8. The summed E-state index contributed by atoms with van der Waals surface area (Å²) >= 11 is 3.45. The number of rotatable bonds is 4. The Morgan fingerprint density at radius 3 is 2.53 bits per heavy atom. The Bertz CT molecular complexity index is 413. The van der Waals surface area contributed by atoms with E-state index in [1.165, 1.54) is 37.7 Å². The van der Waals surface area contributed by atoms with Gasteiger partial charge in [0.2, 0.25) is 0 Å². The van der Waals surface area contributed by atoms with Crippen molar-refractivity contribution < 1.29 is 4.39 Å². The van der Waals surface area contributed by atoms with Gasteiger partial charge in [-0.05, 0) is 56.3 Å². The second kappa shape index (κ2) is 6.85. The van der Waals surface area contributed by atoms with E-state index < -0.39 is 0 Å². The maximum Gasteiger partial charge on any atom is 0.124 e. The normalized spacial score (nSPS) is 23.8. The molecule has 0 saturated heterocycles. The Morgan fingerprint density at radius 2 is 1.95 bits per heavy atom. The minimum absolute atomic E-state index is 0.179. The first-order chi connectivity index (χ1) is 9.10. The van der Waals surface area contributed by atoms with E-state index in [-0.39, 0.29) is 5.82 Å². The van der Waals surface area contributed by atoms with Gasteiger partial charge in [-0.25, -0.2) is 4.39 Å². The lowest BCUT2D eigenvalue weighted by Crippen LogP contribution is -2.34. The van der Waals surface area contributed by atoms with E-state index in [1.807, 2.05) is 6.07 Å². The quantitative estimate of drug-likeness (QED) is 0.753. The molecule has 106 valence electrons. The molecular weight excluding hydrogens is 305 g/mol. The van der Waals surface area contributed by atoms with E-state index >= 15 is 0 Å². The monoisotopic (exact) mass is 327 g/mol. The van der Waals surface area contributed by atoms with E-state index in [0.29, 0.717) is 6.04 Å². The van der Waals surface area contributed by atoms with Crippen LogP contribution in [0.2, 0.25) is 0 Å². The number of nitrogens with zero attached hydrogens (tertiary/aromatic N) is 1. The van der Waals surface area contributed by atoms with Crippen LogP contribution in [0.4, 0.5) is 4.39 Å². The van der Waals surface area contributed by atoms with Gasteiger partial charge >= 0.3 is 0 Å². The third-order valence-electron chi connectivity index (χ3n) is 4.45. The highest BCUT2D eigenvalue weighted by atomic mass is 79.9. The van der Waals surface area contributed by atoms with Crippen LogP contribution >= 0.6 is 15.9 Å². The Hall–Kier alpha value is -0.410. The van der Waals surface area contributed by atoms with Crippen molar-refractivity contribution in [3.05, 3.63) is 34.1 Å². The molecule has 3 heteroatoms. The maximum absolute atomic E-state index is 13.1. The summed E-state index contributed by atoms with van der Waals surface area (Å²) < 4.78 is 14.0. The second-order valence-corrected chi connectivity index (χ2v) is 6.59. The number of hydrogen-bond acceptors (Lipinski definition) is 1. The van der Waals surface area contributed by atoms with Crippen molar-refractivity contribution in [1.82, 2.24) is 4.90 Å². The smallest absolute Gasteiger partial charge is 0.124 e. The number of hydrogen-bond donors (Lipinski definition) is 0. The molecule has 0 N–H and O–H groups in total. The molecule has 0 unspecified atom stereocenters. The first-order valence-corrected chi connectivity index (χ1v) is 8.03. The van der Waals surface area contributed by atoms with Crippen LogP contribution in [0.3, 0.4) is 0 Å². The van der Waals surface area contributed by atoms with Crippen LogP contribution < -0.4 is 0 Å². The highest BCUT2D eigenvalue weighted by Crippen LogP contribution is 2.30. The molecule has 1 aromatic rings. The van der Waals surface area contributed by atoms with Crippen LogP contribution in [0.1, 0.15) is 44.6 Å². The van der Waals surface area contributed by atoms with Crippen molar-refractivity contribution in [3.63, 3.8) is 0 Å². The molecule has 19 heavy (non-hydrogen) atoms. The van der Waals surface area contributed by atoms with Gasteiger partial charge in [0, 0.05) is 17.1 Å². The summed E-state index contributed by atoms with van der Waals surface area (Å²) in [5.41, 5.74) is 1.17. The van der Waals surface area contributed by atoms with Crippen molar-refractivity contribution in [1.29, 1.82) is 0 Å². The molecule has 0 atom stereocenters. The van der Waals surface area contributed by atoms with E-state index in [4.69, 9.17) is 0 Å². The highest BCUT2D eigenvalue weighted by Gasteiger charge is 2.23. The molecule has 0 aliphatic heterocycles. The minimum atomic E-state index is -0.179. The Morgan fingerprint density at radius 1 is 1.26 bits per heavy atom. The van der Waals surface area contributed by atoms with E-state index in [0.717, 1.165) is 16.9 Å². The van der Waals surface area contributed by atoms with Gasteiger partial charge in [-0.1, -0.05) is 35.3 Å². The first-order valence-electron chi connectivity index (χ1n) is 7.24. The fourth-order valence-corrected chi connectivity index (χ4v) is 3.52. The molecular formula is C16H23BrFN. The van der Waals surface area contributed by atoms with Gasteiger partial charge in [0.1, 0.15) is 5.82 Å². The molecule has 0 spiro atoms. The molecule has 0 heterocycles. The summed E-state index contributed by atoms with van der Waals surface area (Å²) in [5.74, 6) is 0.754. The topological polar surface area (TPSA) is 3.24 Å². The van der Waals surface area contributed by atoms with Gasteiger partial charge < -0.3 is 0 Å². The zero-order valence-corrected chi connectivity index (χ0v) is 13.4. The van der Waals surface area contributed by atoms with Crippen molar-refractivity contribution in [2.24, 2.45) is 5.92 Å². The van der Waals surface area contributed by atoms with Crippen LogP contribution in [-0.4, -0.2) is 18.0 Å². The third kappa shape index (κ3) is 4.03. The molecule has 1 nitrogen and oxygen atoms in total. The summed E-state index contributed by atoms with van der Waals surface area (Å²) in [4.78, 5) is 2.42. The zero-order valence-electron chi connectivity index (χ0n) is 11.8. The second-order valence-electron chi connectivity index (χ2n) is 5.73. The standard InChI is InChI=1S/C16H23BrFN/c1-3-12-4-8-15(9-5-12)19(2)11-13-6-7-14(18)10-16(13)17/h6-7,10,12,15H,3-5,8-9,11H2,1-2H3. The molecule has 1 fully saturated rings. The molecule has 1 saturated carbocycles. The van der Waals surface area contributed by atoms with Crippen LogP contribution in [-0.2, 0) is 6.54 Å². The predicted molar refractivity (Wildman–Crippen MR) is 81.6 cm³/mol. The summed E-state index contributed by atoms with van der Waals surface area (Å²) in [6, 6.07) is 5.66. The average molecular weight is 328 g/mol. The highest BCUT2D eigenvalue weighted by molar-refractivity contribution is 9.10. The Kier molecular flexibility index (Phi) is 5.40. The molecule has 0 amide bonds. The van der Waals surface area contributed by atoms with Gasteiger partial charge in [0.15, 0.2) is 0 Å². The molecule has 0 radical (unpaired) electrons. The van der Waals surface area contributed by atoms with Gasteiger partial charge in [-0.15, -0.1) is 0 Å². The summed E-state index contributed by atoms with van der Waals surface area (Å²) in [5, 5.41) is 0. The third-order valence-corrected chi connectivity index (χ3v) is 5.19. The van der Waals surface area contributed by atoms with E-state index in [1.54, 1.807) is 12.1 Å². The first kappa shape index (κ1) is 15.0. The number of halogens is 2. The maximum atomic E-state index is 13.1. The summed E-state index contributed by atoms with van der Waals surface area (Å²) in [6.07, 6.45) is 6.63. The van der Waals surface area contributed by atoms with Gasteiger partial charge in [0.05, 0.1) is 0 Å².